The molecule has 94 valence electrons. The fraction of sp³-hybridized carbons (Fsp3) is 0. The summed E-state index contributed by atoms with van der Waals surface area (Å²) < 4.78 is 13.9. The van der Waals surface area contributed by atoms with Gasteiger partial charge in [0.25, 0.3) is 0 Å². The molecule has 0 saturated heterocycles. The Labute approximate surface area is 118 Å². The highest BCUT2D eigenvalue weighted by atomic mass is 35.5. The van der Waals surface area contributed by atoms with Crippen LogP contribution in [0.15, 0.2) is 36.7 Å². The number of nitrogens with zero attached hydrogens (tertiary/aromatic N) is 3. The van der Waals surface area contributed by atoms with Gasteiger partial charge < -0.3 is 0 Å². The lowest BCUT2D eigenvalue weighted by Gasteiger charge is -2.09. The minimum absolute atomic E-state index is 0.100. The van der Waals surface area contributed by atoms with Gasteiger partial charge in [0.05, 0.1) is 5.02 Å². The molecule has 0 aliphatic heterocycles. The molecular formula is C13H6Cl2FN3. The van der Waals surface area contributed by atoms with Crippen molar-refractivity contribution in [1.29, 1.82) is 0 Å². The largest absolute Gasteiger partial charge is 0.250 e. The zero-order chi connectivity index (χ0) is 13.4. The summed E-state index contributed by atoms with van der Waals surface area (Å²) in [5.41, 5.74) is 1.34. The Bertz CT molecular complexity index is 777. The van der Waals surface area contributed by atoms with Crippen molar-refractivity contribution in [3.63, 3.8) is 0 Å². The van der Waals surface area contributed by atoms with Crippen LogP contribution in [0.25, 0.3) is 22.3 Å². The molecule has 2 heterocycles. The number of halogens is 3. The first-order chi connectivity index (χ1) is 9.18. The summed E-state index contributed by atoms with van der Waals surface area (Å²) in [7, 11) is 0. The van der Waals surface area contributed by atoms with Crippen molar-refractivity contribution < 1.29 is 4.39 Å². The molecule has 3 aromatic rings. The third-order valence-electron chi connectivity index (χ3n) is 2.66. The maximum atomic E-state index is 13.9. The van der Waals surface area contributed by atoms with Gasteiger partial charge in [0.15, 0.2) is 5.65 Å². The van der Waals surface area contributed by atoms with Crippen molar-refractivity contribution in [2.24, 2.45) is 0 Å². The van der Waals surface area contributed by atoms with Crippen LogP contribution < -0.4 is 0 Å². The number of hydrogen-bond donors (Lipinski definition) is 0. The minimum Gasteiger partial charge on any atom is -0.250 e. The molecule has 1 aromatic carbocycles. The highest BCUT2D eigenvalue weighted by molar-refractivity contribution is 6.41. The van der Waals surface area contributed by atoms with Gasteiger partial charge in [-0.05, 0) is 6.07 Å². The van der Waals surface area contributed by atoms with E-state index >= 15 is 0 Å². The molecule has 0 amide bonds. The molecule has 0 N–H and O–H groups in total. The van der Waals surface area contributed by atoms with E-state index in [1.807, 2.05) is 0 Å². The molecule has 0 radical (unpaired) electrons. The summed E-state index contributed by atoms with van der Waals surface area (Å²) in [6.45, 7) is 0. The molecule has 0 saturated carbocycles. The van der Waals surface area contributed by atoms with E-state index in [9.17, 15) is 4.39 Å². The second-order valence-electron chi connectivity index (χ2n) is 3.80. The zero-order valence-corrected chi connectivity index (χ0v) is 11.0. The first kappa shape index (κ1) is 12.3. The van der Waals surface area contributed by atoms with E-state index in [1.54, 1.807) is 18.2 Å². The van der Waals surface area contributed by atoms with Gasteiger partial charge in [0.2, 0.25) is 0 Å². The Morgan fingerprint density at radius 1 is 1.00 bits per heavy atom. The smallest absolute Gasteiger partial charge is 0.181 e. The maximum absolute atomic E-state index is 13.9. The molecule has 19 heavy (non-hydrogen) atoms. The molecule has 3 nitrogen and oxygen atoms in total. The Morgan fingerprint density at radius 2 is 1.74 bits per heavy atom. The zero-order valence-electron chi connectivity index (χ0n) is 9.44. The lowest BCUT2D eigenvalue weighted by atomic mass is 10.1. The highest BCUT2D eigenvalue weighted by Crippen LogP contribution is 2.37. The molecule has 0 aliphatic rings. The Kier molecular flexibility index (Phi) is 3.05. The molecule has 0 fully saturated rings. The van der Waals surface area contributed by atoms with Crippen molar-refractivity contribution >= 4 is 34.4 Å². The Balaban J connectivity index is 2.39. The van der Waals surface area contributed by atoms with Crippen LogP contribution in [0, 0.1) is 5.82 Å². The summed E-state index contributed by atoms with van der Waals surface area (Å²) in [6, 6.07) is 6.22. The van der Waals surface area contributed by atoms with Gasteiger partial charge in [-0.1, -0.05) is 41.4 Å². The van der Waals surface area contributed by atoms with E-state index in [1.165, 1.54) is 18.5 Å². The van der Waals surface area contributed by atoms with Crippen molar-refractivity contribution in [3.05, 3.63) is 52.7 Å². The minimum atomic E-state index is -0.420. The standard InChI is InChI=1S/C13H6Cl2FN3/c14-10-9(7-3-1-2-4-8(7)16)12(15)19-13-11(10)17-5-6-18-13/h1-6H. The average molecular weight is 294 g/mol. The summed E-state index contributed by atoms with van der Waals surface area (Å²) in [4.78, 5) is 12.2. The van der Waals surface area contributed by atoms with Crippen LogP contribution in [0.5, 0.6) is 0 Å². The van der Waals surface area contributed by atoms with E-state index in [0.717, 1.165) is 0 Å². The van der Waals surface area contributed by atoms with Gasteiger partial charge in [-0.25, -0.2) is 19.3 Å². The van der Waals surface area contributed by atoms with Gasteiger partial charge in [0, 0.05) is 23.5 Å². The lowest BCUT2D eigenvalue weighted by molar-refractivity contribution is 0.631. The third-order valence-corrected chi connectivity index (χ3v) is 3.30. The number of benzene rings is 1. The maximum Gasteiger partial charge on any atom is 0.181 e. The van der Waals surface area contributed by atoms with E-state index in [4.69, 9.17) is 23.2 Å². The predicted octanol–water partition coefficient (Wildman–Crippen LogP) is 4.14. The second kappa shape index (κ2) is 4.72. The van der Waals surface area contributed by atoms with E-state index in [2.05, 4.69) is 15.0 Å². The van der Waals surface area contributed by atoms with Gasteiger partial charge in [-0.15, -0.1) is 0 Å². The SMILES string of the molecule is Fc1ccccc1-c1c(Cl)nc2nccnc2c1Cl. The third kappa shape index (κ3) is 2.03. The van der Waals surface area contributed by atoms with E-state index in [-0.39, 0.29) is 15.7 Å². The molecule has 0 aliphatic carbocycles. The molecule has 2 aromatic heterocycles. The fourth-order valence-corrected chi connectivity index (χ4v) is 2.47. The van der Waals surface area contributed by atoms with Crippen molar-refractivity contribution in [3.8, 4) is 11.1 Å². The number of aromatic nitrogens is 3. The Hall–Kier alpha value is -1.78. The van der Waals surface area contributed by atoms with Crippen molar-refractivity contribution in [2.75, 3.05) is 0 Å². The molecule has 0 unspecified atom stereocenters. The average Bonchev–Trinajstić information content (AvgIpc) is 2.41. The summed E-state index contributed by atoms with van der Waals surface area (Å²) >= 11 is 12.3. The van der Waals surface area contributed by atoms with Crippen LogP contribution >= 0.6 is 23.2 Å². The summed E-state index contributed by atoms with van der Waals surface area (Å²) in [6.07, 6.45) is 2.99. The molecule has 6 heteroatoms. The van der Waals surface area contributed by atoms with Crippen molar-refractivity contribution in [1.82, 2.24) is 15.0 Å². The van der Waals surface area contributed by atoms with Gasteiger partial charge in [0.1, 0.15) is 16.5 Å². The topological polar surface area (TPSA) is 38.7 Å². The molecular weight excluding hydrogens is 288 g/mol. The number of hydrogen-bond acceptors (Lipinski definition) is 3. The van der Waals surface area contributed by atoms with Crippen LogP contribution in [0.1, 0.15) is 0 Å². The van der Waals surface area contributed by atoms with Gasteiger partial charge in [-0.2, -0.15) is 0 Å². The molecule has 0 bridgehead atoms. The lowest BCUT2D eigenvalue weighted by Crippen LogP contribution is -1.94. The summed E-state index contributed by atoms with van der Waals surface area (Å²) in [5, 5.41) is 0.344. The number of fused-ring (bicyclic) bond motifs is 1. The highest BCUT2D eigenvalue weighted by Gasteiger charge is 2.18. The van der Waals surface area contributed by atoms with Gasteiger partial charge in [-0.3, -0.25) is 0 Å². The fourth-order valence-electron chi connectivity index (χ4n) is 1.82. The van der Waals surface area contributed by atoms with Crippen LogP contribution in [-0.4, -0.2) is 15.0 Å². The van der Waals surface area contributed by atoms with Gasteiger partial charge >= 0.3 is 0 Å². The Morgan fingerprint density at radius 3 is 2.53 bits per heavy atom. The van der Waals surface area contributed by atoms with E-state index in [0.29, 0.717) is 16.7 Å². The summed E-state index contributed by atoms with van der Waals surface area (Å²) in [5.74, 6) is -0.420. The molecule has 0 spiro atoms. The van der Waals surface area contributed by atoms with Crippen molar-refractivity contribution in [2.45, 2.75) is 0 Å². The van der Waals surface area contributed by atoms with E-state index < -0.39 is 5.82 Å². The quantitative estimate of drug-likeness (QED) is 0.633. The van der Waals surface area contributed by atoms with Crippen LogP contribution in [0.3, 0.4) is 0 Å². The number of rotatable bonds is 1. The predicted molar refractivity (Wildman–Crippen MR) is 72.7 cm³/mol. The molecule has 0 atom stereocenters. The molecule has 3 rings (SSSR count). The normalized spacial score (nSPS) is 10.9. The second-order valence-corrected chi connectivity index (χ2v) is 4.54. The first-order valence-electron chi connectivity index (χ1n) is 5.39. The van der Waals surface area contributed by atoms with Crippen LogP contribution in [-0.2, 0) is 0 Å². The first-order valence-corrected chi connectivity index (χ1v) is 6.14. The monoisotopic (exact) mass is 293 g/mol. The van der Waals surface area contributed by atoms with Crippen LogP contribution in [0.2, 0.25) is 10.2 Å². The number of pyridine rings is 1. The van der Waals surface area contributed by atoms with Crippen LogP contribution in [0.4, 0.5) is 4.39 Å².